The third kappa shape index (κ3) is 3.01. The second-order valence-corrected chi connectivity index (χ2v) is 4.68. The molecule has 0 saturated carbocycles. The number of likely N-dealkylation sites (N-methyl/N-ethyl adjacent to an activating group) is 1. The van der Waals surface area contributed by atoms with Gasteiger partial charge in [-0.25, -0.2) is 4.39 Å². The molecular weight excluding hydrogens is 243 g/mol. The van der Waals surface area contributed by atoms with E-state index in [0.29, 0.717) is 17.5 Å². The van der Waals surface area contributed by atoms with Crippen LogP contribution in [0.25, 0.3) is 10.9 Å². The second kappa shape index (κ2) is 5.97. The summed E-state index contributed by atoms with van der Waals surface area (Å²) >= 11 is 0. The molecule has 3 nitrogen and oxygen atoms in total. The molecule has 0 aliphatic rings. The molecule has 19 heavy (non-hydrogen) atoms. The van der Waals surface area contributed by atoms with E-state index in [1.807, 2.05) is 6.92 Å². The lowest BCUT2D eigenvalue weighted by atomic mass is 10.1. The summed E-state index contributed by atoms with van der Waals surface area (Å²) in [6, 6.07) is 4.46. The molecule has 2 rings (SSSR count). The summed E-state index contributed by atoms with van der Waals surface area (Å²) in [7, 11) is 0. The van der Waals surface area contributed by atoms with Crippen LogP contribution in [0.1, 0.15) is 30.6 Å². The molecule has 4 heteroatoms. The molecule has 1 aromatic heterocycles. The van der Waals surface area contributed by atoms with Crippen molar-refractivity contribution < 1.29 is 9.18 Å². The Labute approximate surface area is 112 Å². The van der Waals surface area contributed by atoms with Crippen molar-refractivity contribution in [3.63, 3.8) is 0 Å². The fourth-order valence-electron chi connectivity index (χ4n) is 2.28. The number of hydrogen-bond donors (Lipinski definition) is 1. The Hall–Kier alpha value is -1.68. The number of carbonyl (C=O) groups excluding carboxylic acids is 1. The number of ketones is 1. The van der Waals surface area contributed by atoms with Crippen LogP contribution in [-0.2, 0) is 0 Å². The molecule has 102 valence electrons. The van der Waals surface area contributed by atoms with Crippen LogP contribution < -0.4 is 0 Å². The van der Waals surface area contributed by atoms with Gasteiger partial charge in [0.25, 0.3) is 0 Å². The Kier molecular flexibility index (Phi) is 4.32. The lowest BCUT2D eigenvalue weighted by molar-refractivity contribution is 0.0936. The number of carbonyl (C=O) groups is 1. The van der Waals surface area contributed by atoms with Crippen molar-refractivity contribution in [3.05, 3.63) is 35.8 Å². The Morgan fingerprint density at radius 1 is 1.37 bits per heavy atom. The molecule has 1 heterocycles. The minimum absolute atomic E-state index is 0.0344. The largest absolute Gasteiger partial charge is 0.360 e. The summed E-state index contributed by atoms with van der Waals surface area (Å²) in [5, 5.41) is 0.664. The predicted octanol–water partition coefficient (Wildman–Crippen LogP) is 3.22. The maximum absolute atomic E-state index is 13.3. The van der Waals surface area contributed by atoms with Gasteiger partial charge in [0.2, 0.25) is 0 Å². The monoisotopic (exact) mass is 262 g/mol. The number of nitrogens with zero attached hydrogens (tertiary/aromatic N) is 1. The Balaban J connectivity index is 2.23. The molecule has 0 radical (unpaired) electrons. The lowest BCUT2D eigenvalue weighted by Gasteiger charge is -2.18. The van der Waals surface area contributed by atoms with Crippen molar-refractivity contribution in [2.45, 2.75) is 20.3 Å². The molecule has 0 unspecified atom stereocenters. The van der Waals surface area contributed by atoms with Crippen LogP contribution in [-0.4, -0.2) is 35.3 Å². The topological polar surface area (TPSA) is 36.1 Å². The molecule has 0 amide bonds. The first-order chi connectivity index (χ1) is 9.15. The van der Waals surface area contributed by atoms with E-state index < -0.39 is 0 Å². The number of Topliss-reactive ketones (excluding diaryl/α,β-unsaturated/α-hetero) is 1. The van der Waals surface area contributed by atoms with E-state index in [4.69, 9.17) is 0 Å². The summed E-state index contributed by atoms with van der Waals surface area (Å²) in [4.78, 5) is 17.4. The van der Waals surface area contributed by atoms with E-state index in [1.165, 1.54) is 12.1 Å². The normalized spacial score (nSPS) is 11.4. The van der Waals surface area contributed by atoms with Crippen LogP contribution in [0.2, 0.25) is 0 Å². The van der Waals surface area contributed by atoms with E-state index in [0.717, 1.165) is 25.0 Å². The van der Waals surface area contributed by atoms with Crippen LogP contribution >= 0.6 is 0 Å². The lowest BCUT2D eigenvalue weighted by Crippen LogP contribution is -2.30. The number of nitrogens with one attached hydrogen (secondary N) is 1. The van der Waals surface area contributed by atoms with Gasteiger partial charge in [0, 0.05) is 22.7 Å². The maximum Gasteiger partial charge on any atom is 0.178 e. The highest BCUT2D eigenvalue weighted by molar-refractivity contribution is 6.08. The molecule has 0 spiro atoms. The zero-order chi connectivity index (χ0) is 13.8. The van der Waals surface area contributed by atoms with Gasteiger partial charge in [0.15, 0.2) is 5.78 Å². The van der Waals surface area contributed by atoms with E-state index in [1.54, 1.807) is 12.3 Å². The van der Waals surface area contributed by atoms with Gasteiger partial charge in [-0.3, -0.25) is 9.69 Å². The van der Waals surface area contributed by atoms with E-state index in [2.05, 4.69) is 16.8 Å². The second-order valence-electron chi connectivity index (χ2n) is 4.68. The molecule has 0 aliphatic carbocycles. The van der Waals surface area contributed by atoms with Crippen LogP contribution in [0, 0.1) is 5.82 Å². The minimum Gasteiger partial charge on any atom is -0.360 e. The van der Waals surface area contributed by atoms with E-state index in [9.17, 15) is 9.18 Å². The third-order valence-electron chi connectivity index (χ3n) is 3.30. The van der Waals surface area contributed by atoms with Gasteiger partial charge in [-0.15, -0.1) is 0 Å². The number of H-pyrrole nitrogens is 1. The van der Waals surface area contributed by atoms with Crippen LogP contribution in [0.5, 0.6) is 0 Å². The first-order valence-electron chi connectivity index (χ1n) is 6.67. The number of fused-ring (bicyclic) bond motifs is 1. The highest BCUT2D eigenvalue weighted by atomic mass is 19.1. The molecule has 0 saturated heterocycles. The number of aromatic amines is 1. The van der Waals surface area contributed by atoms with Gasteiger partial charge in [0.05, 0.1) is 6.54 Å². The summed E-state index contributed by atoms with van der Waals surface area (Å²) < 4.78 is 13.3. The van der Waals surface area contributed by atoms with Crippen molar-refractivity contribution in [2.24, 2.45) is 0 Å². The van der Waals surface area contributed by atoms with Crippen LogP contribution in [0.15, 0.2) is 24.4 Å². The third-order valence-corrected chi connectivity index (χ3v) is 3.30. The fourth-order valence-corrected chi connectivity index (χ4v) is 2.28. The summed E-state index contributed by atoms with van der Waals surface area (Å²) in [5.74, 6) is -0.283. The van der Waals surface area contributed by atoms with E-state index in [-0.39, 0.29) is 11.6 Å². The molecule has 0 fully saturated rings. The van der Waals surface area contributed by atoms with Crippen LogP contribution in [0.3, 0.4) is 0 Å². The Bertz CT molecular complexity index is 577. The average Bonchev–Trinajstić information content (AvgIpc) is 2.81. The Morgan fingerprint density at radius 2 is 2.16 bits per heavy atom. The summed E-state index contributed by atoms with van der Waals surface area (Å²) in [6.07, 6.45) is 2.69. The number of benzene rings is 1. The van der Waals surface area contributed by atoms with E-state index >= 15 is 0 Å². The number of halogens is 1. The van der Waals surface area contributed by atoms with Crippen LogP contribution in [0.4, 0.5) is 4.39 Å². The Morgan fingerprint density at radius 3 is 2.84 bits per heavy atom. The van der Waals surface area contributed by atoms with Crippen molar-refractivity contribution in [2.75, 3.05) is 19.6 Å². The molecule has 0 aliphatic heterocycles. The SMILES string of the molecule is CCCN(CC)CC(=O)c1c[nH]c2ccc(F)cc12. The minimum atomic E-state index is -0.318. The van der Waals surface area contributed by atoms with Crippen molar-refractivity contribution in [1.29, 1.82) is 0 Å². The van der Waals surface area contributed by atoms with Gasteiger partial charge in [-0.1, -0.05) is 13.8 Å². The van der Waals surface area contributed by atoms with Gasteiger partial charge >= 0.3 is 0 Å². The highest BCUT2D eigenvalue weighted by Gasteiger charge is 2.15. The van der Waals surface area contributed by atoms with Crippen molar-refractivity contribution in [1.82, 2.24) is 9.88 Å². The van der Waals surface area contributed by atoms with Gasteiger partial charge in [-0.2, -0.15) is 0 Å². The molecular formula is C15H19FN2O. The number of aromatic nitrogens is 1. The molecule has 0 atom stereocenters. The standard InChI is InChI=1S/C15H19FN2O/c1-3-7-18(4-2)10-15(19)13-9-17-14-6-5-11(16)8-12(13)14/h5-6,8-9,17H,3-4,7,10H2,1-2H3. The zero-order valence-electron chi connectivity index (χ0n) is 11.4. The van der Waals surface area contributed by atoms with Gasteiger partial charge < -0.3 is 4.98 Å². The van der Waals surface area contributed by atoms with Crippen molar-refractivity contribution >= 4 is 16.7 Å². The summed E-state index contributed by atoms with van der Waals surface area (Å²) in [6.45, 7) is 6.26. The quantitative estimate of drug-likeness (QED) is 0.811. The molecule has 2 aromatic rings. The smallest absolute Gasteiger partial charge is 0.178 e. The van der Waals surface area contributed by atoms with Gasteiger partial charge in [-0.05, 0) is 37.7 Å². The average molecular weight is 262 g/mol. The van der Waals surface area contributed by atoms with Gasteiger partial charge in [0.1, 0.15) is 5.82 Å². The maximum atomic E-state index is 13.3. The molecule has 0 bridgehead atoms. The summed E-state index contributed by atoms with van der Waals surface area (Å²) in [5.41, 5.74) is 1.37. The fraction of sp³-hybridized carbons (Fsp3) is 0.400. The zero-order valence-corrected chi connectivity index (χ0v) is 11.4. The number of rotatable bonds is 6. The number of hydrogen-bond acceptors (Lipinski definition) is 2. The molecule has 1 N–H and O–H groups in total. The highest BCUT2D eigenvalue weighted by Crippen LogP contribution is 2.20. The first kappa shape index (κ1) is 13.7. The first-order valence-corrected chi connectivity index (χ1v) is 6.67. The molecule has 1 aromatic carbocycles. The van der Waals surface area contributed by atoms with Crippen molar-refractivity contribution in [3.8, 4) is 0 Å². The predicted molar refractivity (Wildman–Crippen MR) is 75.0 cm³/mol.